The fraction of sp³-hybridized carbons (Fsp3) is 0.952. The zero-order valence-corrected chi connectivity index (χ0v) is 18.8. The van der Waals surface area contributed by atoms with Crippen molar-refractivity contribution in [3.63, 3.8) is 0 Å². The third-order valence-corrected chi connectivity index (χ3v) is 5.42. The molecule has 0 aliphatic carbocycles. The smallest absolute Gasteiger partial charge is 0.191 e. The van der Waals surface area contributed by atoms with Crippen LogP contribution in [-0.2, 0) is 4.74 Å². The van der Waals surface area contributed by atoms with Crippen molar-refractivity contribution in [1.29, 1.82) is 0 Å². The SMILES string of the molecule is CCN(CC)CCCC(C)NC(=NC)NCC(CC(C)C)N1CCOCC1. The summed E-state index contributed by atoms with van der Waals surface area (Å²) in [5.41, 5.74) is 0. The van der Waals surface area contributed by atoms with Gasteiger partial charge in [-0.3, -0.25) is 9.89 Å². The summed E-state index contributed by atoms with van der Waals surface area (Å²) in [4.78, 5) is 9.49. The van der Waals surface area contributed by atoms with Crippen LogP contribution in [0.15, 0.2) is 4.99 Å². The minimum Gasteiger partial charge on any atom is -0.379 e. The average Bonchev–Trinajstić information content (AvgIpc) is 2.67. The Morgan fingerprint density at radius 2 is 1.81 bits per heavy atom. The summed E-state index contributed by atoms with van der Waals surface area (Å²) in [6.45, 7) is 19.5. The number of hydrogen-bond acceptors (Lipinski definition) is 4. The number of morpholine rings is 1. The van der Waals surface area contributed by atoms with Crippen LogP contribution in [0.1, 0.15) is 53.9 Å². The van der Waals surface area contributed by atoms with Crippen LogP contribution < -0.4 is 10.6 Å². The Morgan fingerprint density at radius 3 is 2.37 bits per heavy atom. The molecule has 6 nitrogen and oxygen atoms in total. The first-order valence-corrected chi connectivity index (χ1v) is 11.0. The molecule has 0 radical (unpaired) electrons. The maximum absolute atomic E-state index is 5.52. The van der Waals surface area contributed by atoms with E-state index in [0.29, 0.717) is 18.0 Å². The lowest BCUT2D eigenvalue weighted by Gasteiger charge is -2.36. The van der Waals surface area contributed by atoms with Crippen molar-refractivity contribution in [1.82, 2.24) is 20.4 Å². The topological polar surface area (TPSA) is 52.1 Å². The van der Waals surface area contributed by atoms with Crippen LogP contribution in [0.2, 0.25) is 0 Å². The first-order chi connectivity index (χ1) is 13.0. The standard InChI is InChI=1S/C21H45N5O/c1-7-25(8-2)11-9-10-19(5)24-21(22-6)23-17-20(16-18(3)4)26-12-14-27-15-13-26/h18-20H,7-17H2,1-6H3,(H2,22,23,24). The van der Waals surface area contributed by atoms with Crippen LogP contribution in [0.25, 0.3) is 0 Å². The number of aliphatic imine (C=N–C) groups is 1. The van der Waals surface area contributed by atoms with E-state index in [9.17, 15) is 0 Å². The molecule has 0 bridgehead atoms. The van der Waals surface area contributed by atoms with Crippen molar-refractivity contribution < 1.29 is 4.74 Å². The van der Waals surface area contributed by atoms with Gasteiger partial charge in [0.1, 0.15) is 0 Å². The predicted octanol–water partition coefficient (Wildman–Crippen LogP) is 2.41. The fourth-order valence-corrected chi connectivity index (χ4v) is 3.72. The van der Waals surface area contributed by atoms with Crippen molar-refractivity contribution >= 4 is 5.96 Å². The molecular weight excluding hydrogens is 338 g/mol. The molecule has 1 saturated heterocycles. The lowest BCUT2D eigenvalue weighted by atomic mass is 10.0. The Hall–Kier alpha value is -0.850. The lowest BCUT2D eigenvalue weighted by molar-refractivity contribution is 0.0132. The molecule has 1 fully saturated rings. The molecule has 0 aromatic heterocycles. The van der Waals surface area contributed by atoms with E-state index in [2.05, 4.69) is 60.0 Å². The summed E-state index contributed by atoms with van der Waals surface area (Å²) in [7, 11) is 1.87. The summed E-state index contributed by atoms with van der Waals surface area (Å²) in [5, 5.41) is 7.14. The Labute approximate surface area is 168 Å². The highest BCUT2D eigenvalue weighted by atomic mass is 16.5. The van der Waals surface area contributed by atoms with Gasteiger partial charge >= 0.3 is 0 Å². The van der Waals surface area contributed by atoms with E-state index in [1.807, 2.05) is 7.05 Å². The van der Waals surface area contributed by atoms with Crippen LogP contribution in [0, 0.1) is 5.92 Å². The van der Waals surface area contributed by atoms with Crippen molar-refractivity contribution in [3.05, 3.63) is 0 Å². The van der Waals surface area contributed by atoms with Gasteiger partial charge in [-0.2, -0.15) is 0 Å². The zero-order valence-electron chi connectivity index (χ0n) is 18.8. The first kappa shape index (κ1) is 24.2. The van der Waals surface area contributed by atoms with Gasteiger partial charge in [-0.05, 0) is 51.7 Å². The Bertz CT molecular complexity index is 392. The molecular formula is C21H45N5O. The summed E-state index contributed by atoms with van der Waals surface area (Å²) in [6, 6.07) is 0.962. The molecule has 27 heavy (non-hydrogen) atoms. The van der Waals surface area contributed by atoms with E-state index in [0.717, 1.165) is 58.3 Å². The van der Waals surface area contributed by atoms with Crippen molar-refractivity contribution in [2.75, 3.05) is 59.5 Å². The highest BCUT2D eigenvalue weighted by Gasteiger charge is 2.22. The number of guanidine groups is 1. The van der Waals surface area contributed by atoms with Crippen molar-refractivity contribution in [2.24, 2.45) is 10.9 Å². The van der Waals surface area contributed by atoms with E-state index >= 15 is 0 Å². The third kappa shape index (κ3) is 10.3. The minimum atomic E-state index is 0.429. The van der Waals surface area contributed by atoms with Gasteiger partial charge in [-0.25, -0.2) is 0 Å². The molecule has 0 spiro atoms. The van der Waals surface area contributed by atoms with Crippen LogP contribution in [0.4, 0.5) is 0 Å². The summed E-state index contributed by atoms with van der Waals surface area (Å²) < 4.78 is 5.52. The summed E-state index contributed by atoms with van der Waals surface area (Å²) in [6.07, 6.45) is 3.58. The maximum Gasteiger partial charge on any atom is 0.191 e. The molecule has 1 aliphatic rings. The second kappa shape index (κ2) is 14.2. The van der Waals surface area contributed by atoms with E-state index in [1.54, 1.807) is 0 Å². The molecule has 0 saturated carbocycles. The van der Waals surface area contributed by atoms with Crippen LogP contribution >= 0.6 is 0 Å². The minimum absolute atomic E-state index is 0.429. The van der Waals surface area contributed by atoms with E-state index < -0.39 is 0 Å². The monoisotopic (exact) mass is 383 g/mol. The van der Waals surface area contributed by atoms with Gasteiger partial charge < -0.3 is 20.3 Å². The number of ether oxygens (including phenoxy) is 1. The fourth-order valence-electron chi connectivity index (χ4n) is 3.72. The molecule has 6 heteroatoms. The van der Waals surface area contributed by atoms with Gasteiger partial charge in [0.05, 0.1) is 13.2 Å². The second-order valence-corrected chi connectivity index (χ2v) is 8.10. The second-order valence-electron chi connectivity index (χ2n) is 8.10. The van der Waals surface area contributed by atoms with E-state index in [1.165, 1.54) is 19.4 Å². The van der Waals surface area contributed by atoms with Crippen molar-refractivity contribution in [2.45, 2.75) is 66.0 Å². The molecule has 1 aliphatic heterocycles. The molecule has 0 aromatic carbocycles. The van der Waals surface area contributed by atoms with Gasteiger partial charge in [0, 0.05) is 38.8 Å². The lowest BCUT2D eigenvalue weighted by Crippen LogP contribution is -2.52. The van der Waals surface area contributed by atoms with Gasteiger partial charge in [-0.15, -0.1) is 0 Å². The van der Waals surface area contributed by atoms with Crippen LogP contribution in [0.3, 0.4) is 0 Å². The third-order valence-electron chi connectivity index (χ3n) is 5.42. The van der Waals surface area contributed by atoms with Crippen molar-refractivity contribution in [3.8, 4) is 0 Å². The molecule has 2 unspecified atom stereocenters. The number of hydrogen-bond donors (Lipinski definition) is 2. The summed E-state index contributed by atoms with van der Waals surface area (Å²) in [5.74, 6) is 1.61. The van der Waals surface area contributed by atoms with Crippen LogP contribution in [0.5, 0.6) is 0 Å². The van der Waals surface area contributed by atoms with Gasteiger partial charge in [0.15, 0.2) is 5.96 Å². The number of nitrogens with zero attached hydrogens (tertiary/aromatic N) is 3. The quantitative estimate of drug-likeness (QED) is 0.400. The number of nitrogens with one attached hydrogen (secondary N) is 2. The number of rotatable bonds is 12. The largest absolute Gasteiger partial charge is 0.379 e. The van der Waals surface area contributed by atoms with Gasteiger partial charge in [0.2, 0.25) is 0 Å². The highest BCUT2D eigenvalue weighted by Crippen LogP contribution is 2.13. The molecule has 2 atom stereocenters. The first-order valence-electron chi connectivity index (χ1n) is 11.0. The molecule has 0 amide bonds. The van der Waals surface area contributed by atoms with Gasteiger partial charge in [-0.1, -0.05) is 27.7 Å². The summed E-state index contributed by atoms with van der Waals surface area (Å²) >= 11 is 0. The van der Waals surface area contributed by atoms with Gasteiger partial charge in [0.25, 0.3) is 0 Å². The molecule has 2 N–H and O–H groups in total. The molecule has 1 heterocycles. The highest BCUT2D eigenvalue weighted by molar-refractivity contribution is 5.79. The Morgan fingerprint density at radius 1 is 1.15 bits per heavy atom. The Kier molecular flexibility index (Phi) is 12.7. The van der Waals surface area contributed by atoms with E-state index in [4.69, 9.17) is 4.74 Å². The average molecular weight is 384 g/mol. The van der Waals surface area contributed by atoms with E-state index in [-0.39, 0.29) is 0 Å². The normalized spacial score (nSPS) is 18.7. The maximum atomic E-state index is 5.52. The van der Waals surface area contributed by atoms with Crippen LogP contribution in [-0.4, -0.2) is 87.4 Å². The predicted molar refractivity (Wildman–Crippen MR) is 117 cm³/mol. The zero-order chi connectivity index (χ0) is 20.1. The Balaban J connectivity index is 2.40. The molecule has 1 rings (SSSR count). The molecule has 160 valence electrons. The molecule has 0 aromatic rings.